The predicted octanol–water partition coefficient (Wildman–Crippen LogP) is 3.49. The van der Waals surface area contributed by atoms with Gasteiger partial charge in [-0.15, -0.1) is 0 Å². The monoisotopic (exact) mass is 284 g/mol. The maximum Gasteiger partial charge on any atom is 0.191 e. The number of Topliss-reactive ketones (excluding diaryl/α,β-unsaturated/α-hetero) is 1. The van der Waals surface area contributed by atoms with E-state index in [1.54, 1.807) is 7.11 Å². The molecule has 0 aliphatic carbocycles. The van der Waals surface area contributed by atoms with Gasteiger partial charge < -0.3 is 9.47 Å². The maximum atomic E-state index is 12.5. The van der Waals surface area contributed by atoms with Gasteiger partial charge in [0.05, 0.1) is 0 Å². The highest BCUT2D eigenvalue weighted by Crippen LogP contribution is 2.13. The maximum absolute atomic E-state index is 12.5. The van der Waals surface area contributed by atoms with Crippen molar-refractivity contribution in [2.24, 2.45) is 0 Å². The van der Waals surface area contributed by atoms with Gasteiger partial charge in [0.1, 0.15) is 12.9 Å². The molecule has 2 aromatic rings. The first-order valence-corrected chi connectivity index (χ1v) is 7.05. The summed E-state index contributed by atoms with van der Waals surface area (Å²) in [7, 11) is 1.56. The summed E-state index contributed by atoms with van der Waals surface area (Å²) in [6.45, 7) is 0.123. The summed E-state index contributed by atoms with van der Waals surface area (Å²) in [6.07, 6.45) is 0.960. The smallest absolute Gasteiger partial charge is 0.191 e. The molecule has 0 radical (unpaired) electrons. The van der Waals surface area contributed by atoms with Gasteiger partial charge in [-0.05, 0) is 18.4 Å². The zero-order valence-electron chi connectivity index (χ0n) is 12.2. The van der Waals surface area contributed by atoms with Crippen LogP contribution < -0.4 is 0 Å². The summed E-state index contributed by atoms with van der Waals surface area (Å²) in [5.41, 5.74) is 1.87. The van der Waals surface area contributed by atoms with Crippen LogP contribution in [0.1, 0.15) is 22.3 Å². The van der Waals surface area contributed by atoms with Crippen molar-refractivity contribution in [1.82, 2.24) is 0 Å². The highest BCUT2D eigenvalue weighted by atomic mass is 16.7. The van der Waals surface area contributed by atoms with Gasteiger partial charge in [0.15, 0.2) is 5.78 Å². The largest absolute Gasteiger partial charge is 0.359 e. The van der Waals surface area contributed by atoms with Crippen LogP contribution in [0, 0.1) is 0 Å². The van der Waals surface area contributed by atoms with E-state index >= 15 is 0 Å². The number of hydrogen-bond donors (Lipinski definition) is 0. The minimum absolute atomic E-state index is 0.00332. The van der Waals surface area contributed by atoms with E-state index in [1.807, 2.05) is 48.5 Å². The molecule has 0 heterocycles. The summed E-state index contributed by atoms with van der Waals surface area (Å²) in [6, 6.07) is 19.3. The van der Waals surface area contributed by atoms with Crippen molar-refractivity contribution in [3.63, 3.8) is 0 Å². The number of ketones is 1. The third-order valence-electron chi connectivity index (χ3n) is 3.28. The van der Waals surface area contributed by atoms with Crippen molar-refractivity contribution < 1.29 is 14.3 Å². The van der Waals surface area contributed by atoms with E-state index in [1.165, 1.54) is 5.56 Å². The molecular weight excluding hydrogens is 264 g/mol. The normalized spacial score (nSPS) is 12.0. The van der Waals surface area contributed by atoms with Gasteiger partial charge in [-0.3, -0.25) is 4.79 Å². The molecule has 0 N–H and O–H groups in total. The third kappa shape index (κ3) is 4.81. The lowest BCUT2D eigenvalue weighted by Gasteiger charge is -2.16. The molecule has 0 spiro atoms. The summed E-state index contributed by atoms with van der Waals surface area (Å²) in [5.74, 6) is 0.00332. The summed E-state index contributed by atoms with van der Waals surface area (Å²) >= 11 is 0. The van der Waals surface area contributed by atoms with E-state index in [9.17, 15) is 4.79 Å². The van der Waals surface area contributed by atoms with E-state index in [2.05, 4.69) is 12.1 Å². The Balaban J connectivity index is 2.02. The SMILES string of the molecule is COCOC(CCc1ccccc1)C(=O)c1ccccc1. The highest BCUT2D eigenvalue weighted by molar-refractivity contribution is 5.99. The van der Waals surface area contributed by atoms with E-state index in [-0.39, 0.29) is 12.6 Å². The second kappa shape index (κ2) is 8.35. The van der Waals surface area contributed by atoms with Crippen molar-refractivity contribution in [3.8, 4) is 0 Å². The Kier molecular flexibility index (Phi) is 6.13. The quantitative estimate of drug-likeness (QED) is 0.550. The van der Waals surface area contributed by atoms with Crippen molar-refractivity contribution in [3.05, 3.63) is 71.8 Å². The van der Waals surface area contributed by atoms with Crippen LogP contribution in [-0.2, 0) is 15.9 Å². The van der Waals surface area contributed by atoms with Gasteiger partial charge >= 0.3 is 0 Å². The lowest BCUT2D eigenvalue weighted by atomic mass is 10.00. The molecule has 0 saturated heterocycles. The van der Waals surface area contributed by atoms with Crippen LogP contribution in [0.25, 0.3) is 0 Å². The molecular formula is C18H20O3. The average molecular weight is 284 g/mol. The molecule has 2 aromatic carbocycles. The molecule has 0 fully saturated rings. The number of carbonyl (C=O) groups excluding carboxylic acids is 1. The van der Waals surface area contributed by atoms with Crippen molar-refractivity contribution in [1.29, 1.82) is 0 Å². The summed E-state index contributed by atoms with van der Waals surface area (Å²) in [4.78, 5) is 12.5. The molecule has 3 heteroatoms. The van der Waals surface area contributed by atoms with Crippen molar-refractivity contribution in [2.75, 3.05) is 13.9 Å². The van der Waals surface area contributed by atoms with Crippen LogP contribution in [-0.4, -0.2) is 25.8 Å². The number of aryl methyl sites for hydroxylation is 1. The Morgan fingerprint density at radius 3 is 2.24 bits per heavy atom. The molecule has 110 valence electrons. The van der Waals surface area contributed by atoms with Crippen LogP contribution in [0.3, 0.4) is 0 Å². The molecule has 0 amide bonds. The second-order valence-corrected chi connectivity index (χ2v) is 4.82. The number of rotatable bonds is 8. The molecule has 0 aromatic heterocycles. The molecule has 0 aliphatic rings. The fourth-order valence-corrected chi connectivity index (χ4v) is 2.17. The number of methoxy groups -OCH3 is 1. The first kappa shape index (κ1) is 15.4. The Labute approximate surface area is 125 Å². The number of benzene rings is 2. The standard InChI is InChI=1S/C18H20O3/c1-20-14-21-17(13-12-15-8-4-2-5-9-15)18(19)16-10-6-3-7-11-16/h2-11,17H,12-14H2,1H3. The van der Waals surface area contributed by atoms with E-state index in [0.29, 0.717) is 12.0 Å². The molecule has 3 nitrogen and oxygen atoms in total. The fraction of sp³-hybridized carbons (Fsp3) is 0.278. The number of ether oxygens (including phenoxy) is 2. The van der Waals surface area contributed by atoms with Gasteiger partial charge in [-0.1, -0.05) is 60.7 Å². The predicted molar refractivity (Wildman–Crippen MR) is 82.3 cm³/mol. The van der Waals surface area contributed by atoms with Crippen molar-refractivity contribution >= 4 is 5.78 Å². The summed E-state index contributed by atoms with van der Waals surface area (Å²) < 4.78 is 10.5. The third-order valence-corrected chi connectivity index (χ3v) is 3.28. The van der Waals surface area contributed by atoms with Crippen LogP contribution >= 0.6 is 0 Å². The molecule has 0 saturated carbocycles. The van der Waals surface area contributed by atoms with Crippen molar-refractivity contribution in [2.45, 2.75) is 18.9 Å². The fourth-order valence-electron chi connectivity index (χ4n) is 2.17. The number of hydrogen-bond acceptors (Lipinski definition) is 3. The zero-order chi connectivity index (χ0) is 14.9. The Bertz CT molecular complexity index is 537. The summed E-state index contributed by atoms with van der Waals surface area (Å²) in [5, 5.41) is 0. The minimum Gasteiger partial charge on any atom is -0.359 e. The van der Waals surface area contributed by atoms with Gasteiger partial charge in [-0.25, -0.2) is 0 Å². The second-order valence-electron chi connectivity index (χ2n) is 4.82. The minimum atomic E-state index is -0.479. The van der Waals surface area contributed by atoms with Crippen LogP contribution in [0.2, 0.25) is 0 Å². The first-order chi connectivity index (χ1) is 10.3. The molecule has 1 unspecified atom stereocenters. The van der Waals surface area contributed by atoms with Crippen LogP contribution in [0.15, 0.2) is 60.7 Å². The zero-order valence-corrected chi connectivity index (χ0v) is 12.2. The van der Waals surface area contributed by atoms with E-state index < -0.39 is 6.10 Å². The van der Waals surface area contributed by atoms with Crippen LogP contribution in [0.4, 0.5) is 0 Å². The lowest BCUT2D eigenvalue weighted by molar-refractivity contribution is -0.0616. The topological polar surface area (TPSA) is 35.5 Å². The average Bonchev–Trinajstić information content (AvgIpc) is 2.56. The Morgan fingerprint density at radius 2 is 1.62 bits per heavy atom. The molecule has 1 atom stereocenters. The van der Waals surface area contributed by atoms with Gasteiger partial charge in [0, 0.05) is 12.7 Å². The molecule has 21 heavy (non-hydrogen) atoms. The van der Waals surface area contributed by atoms with Gasteiger partial charge in [-0.2, -0.15) is 0 Å². The van der Waals surface area contributed by atoms with Gasteiger partial charge in [0.25, 0.3) is 0 Å². The van der Waals surface area contributed by atoms with Gasteiger partial charge in [0.2, 0.25) is 0 Å². The lowest BCUT2D eigenvalue weighted by Crippen LogP contribution is -2.26. The molecule has 2 rings (SSSR count). The highest BCUT2D eigenvalue weighted by Gasteiger charge is 2.20. The van der Waals surface area contributed by atoms with E-state index in [0.717, 1.165) is 6.42 Å². The van der Waals surface area contributed by atoms with Crippen LogP contribution in [0.5, 0.6) is 0 Å². The Hall–Kier alpha value is -1.97. The molecule has 0 aliphatic heterocycles. The van der Waals surface area contributed by atoms with E-state index in [4.69, 9.17) is 9.47 Å². The Morgan fingerprint density at radius 1 is 1.00 bits per heavy atom. The number of carbonyl (C=O) groups is 1. The molecule has 0 bridgehead atoms. The first-order valence-electron chi connectivity index (χ1n) is 7.05.